The Kier molecular flexibility index (Phi) is 6.00. The average molecular weight is 549 g/mol. The van der Waals surface area contributed by atoms with Gasteiger partial charge >= 0.3 is 0 Å². The zero-order chi connectivity index (χ0) is 27.9. The molecule has 2 aliphatic heterocycles. The van der Waals surface area contributed by atoms with Crippen molar-refractivity contribution < 1.29 is 18.9 Å². The van der Waals surface area contributed by atoms with Gasteiger partial charge in [0.1, 0.15) is 11.3 Å². The number of hydrogen-bond acceptors (Lipinski definition) is 8. The maximum atomic E-state index is 5.42. The second-order valence-corrected chi connectivity index (χ2v) is 9.86. The number of benzene rings is 2. The molecule has 0 bridgehead atoms. The predicted octanol–water partition coefficient (Wildman–Crippen LogP) is 5.57. The number of anilines is 2. The van der Waals surface area contributed by atoms with E-state index in [0.717, 1.165) is 68.2 Å². The van der Waals surface area contributed by atoms with Crippen LogP contribution in [0.25, 0.3) is 33.8 Å². The molecular formula is C31H28N6O4. The number of ether oxygens (including phenoxy) is 4. The van der Waals surface area contributed by atoms with E-state index in [2.05, 4.69) is 27.3 Å². The quantitative estimate of drug-likeness (QED) is 0.306. The Hall–Kier alpha value is -5.38. The van der Waals surface area contributed by atoms with Crippen LogP contribution in [0.2, 0.25) is 0 Å². The summed E-state index contributed by atoms with van der Waals surface area (Å²) >= 11 is 0. The summed E-state index contributed by atoms with van der Waals surface area (Å²) in [5.41, 5.74) is 7.88. The van der Waals surface area contributed by atoms with Crippen molar-refractivity contribution >= 4 is 22.7 Å². The number of nitrogens with zero attached hydrogens (tertiary/aromatic N) is 5. The first-order chi connectivity index (χ1) is 20.0. The van der Waals surface area contributed by atoms with Gasteiger partial charge in [0, 0.05) is 80.6 Å². The summed E-state index contributed by atoms with van der Waals surface area (Å²) < 4.78 is 25.5. The molecule has 10 heteroatoms. The molecule has 0 aliphatic carbocycles. The molecule has 6 aromatic rings. The minimum Gasteiger partial charge on any atom is -0.454 e. The first-order valence-electron chi connectivity index (χ1n) is 13.2. The average Bonchev–Trinajstić information content (AvgIpc) is 3.80. The number of aromatic nitrogens is 4. The maximum absolute atomic E-state index is 5.42. The van der Waals surface area contributed by atoms with Gasteiger partial charge in [-0.15, -0.1) is 0 Å². The summed E-state index contributed by atoms with van der Waals surface area (Å²) in [7, 11) is 5.94. The van der Waals surface area contributed by atoms with Crippen LogP contribution in [-0.2, 0) is 0 Å². The van der Waals surface area contributed by atoms with Gasteiger partial charge in [0.2, 0.25) is 13.6 Å². The summed E-state index contributed by atoms with van der Waals surface area (Å²) in [6.45, 7) is 0.575. The molecule has 0 atom stereocenters. The highest BCUT2D eigenvalue weighted by Gasteiger charge is 2.16. The third-order valence-electron chi connectivity index (χ3n) is 7.05. The molecule has 0 amide bonds. The van der Waals surface area contributed by atoms with Crippen LogP contribution < -0.4 is 29.2 Å². The summed E-state index contributed by atoms with van der Waals surface area (Å²) in [5, 5.41) is 3.11. The standard InChI is InChI=1S/C16H15N3O2.C15H13N3O2/c1-18(2)12-5-6-19-9-13(17-16(19)8-12)11-3-4-14-15(7-11)21-10-20-14;1-16-11-4-5-18-8-12(17-15(18)7-11)10-2-3-13-14(6-10)20-9-19-13/h3-9H,10H2,1-2H3;2-8,16H,9H2,1H3. The Balaban J connectivity index is 0.000000135. The molecule has 0 fully saturated rings. The van der Waals surface area contributed by atoms with Crippen molar-refractivity contribution in [3.63, 3.8) is 0 Å². The van der Waals surface area contributed by atoms with Crippen LogP contribution >= 0.6 is 0 Å². The third kappa shape index (κ3) is 4.69. The SMILES string of the molecule is CN(C)c1ccn2cc(-c3ccc4c(c3)OCO4)nc2c1.CNc1ccn2cc(-c3ccc4c(c3)OCO4)nc2c1. The largest absolute Gasteiger partial charge is 0.454 e. The number of fused-ring (bicyclic) bond motifs is 4. The fourth-order valence-electron chi connectivity index (χ4n) is 4.78. The van der Waals surface area contributed by atoms with E-state index in [-0.39, 0.29) is 13.6 Å². The van der Waals surface area contributed by atoms with Crippen molar-refractivity contribution in [3.8, 4) is 45.5 Å². The van der Waals surface area contributed by atoms with E-state index in [9.17, 15) is 0 Å². The molecule has 4 aromatic heterocycles. The number of nitrogens with one attached hydrogen (secondary N) is 1. The topological polar surface area (TPSA) is 86.8 Å². The molecule has 2 aliphatic rings. The van der Waals surface area contributed by atoms with Crippen LogP contribution in [0.1, 0.15) is 0 Å². The number of rotatable bonds is 4. The van der Waals surface area contributed by atoms with E-state index >= 15 is 0 Å². The van der Waals surface area contributed by atoms with Crippen LogP contribution in [0, 0.1) is 0 Å². The molecule has 0 spiro atoms. The molecular weight excluding hydrogens is 520 g/mol. The number of hydrogen-bond donors (Lipinski definition) is 1. The molecule has 0 radical (unpaired) electrons. The molecule has 1 N–H and O–H groups in total. The van der Waals surface area contributed by atoms with Crippen molar-refractivity contribution in [2.75, 3.05) is 44.9 Å². The lowest BCUT2D eigenvalue weighted by Gasteiger charge is -2.11. The third-order valence-corrected chi connectivity index (χ3v) is 7.05. The van der Waals surface area contributed by atoms with Crippen molar-refractivity contribution in [1.82, 2.24) is 18.8 Å². The first kappa shape index (κ1) is 24.6. The minimum absolute atomic E-state index is 0.287. The van der Waals surface area contributed by atoms with Crippen molar-refractivity contribution in [2.45, 2.75) is 0 Å². The summed E-state index contributed by atoms with van der Waals surface area (Å²) in [5.74, 6) is 3.13. The van der Waals surface area contributed by atoms with Gasteiger partial charge in [-0.1, -0.05) is 0 Å². The van der Waals surface area contributed by atoms with Crippen LogP contribution in [-0.4, -0.2) is 53.5 Å². The predicted molar refractivity (Wildman–Crippen MR) is 157 cm³/mol. The Bertz CT molecular complexity index is 1890. The smallest absolute Gasteiger partial charge is 0.231 e. The van der Waals surface area contributed by atoms with Gasteiger partial charge in [-0.3, -0.25) is 0 Å². The Morgan fingerprint density at radius 3 is 1.76 bits per heavy atom. The zero-order valence-corrected chi connectivity index (χ0v) is 22.9. The molecule has 0 saturated carbocycles. The molecule has 2 aromatic carbocycles. The van der Waals surface area contributed by atoms with Gasteiger partial charge in [0.15, 0.2) is 23.0 Å². The molecule has 206 valence electrons. The monoisotopic (exact) mass is 548 g/mol. The van der Waals surface area contributed by atoms with E-state index in [1.165, 1.54) is 0 Å². The lowest BCUT2D eigenvalue weighted by molar-refractivity contribution is 0.173. The van der Waals surface area contributed by atoms with Gasteiger partial charge < -0.3 is 38.0 Å². The van der Waals surface area contributed by atoms with E-state index in [1.807, 2.05) is 103 Å². The molecule has 8 rings (SSSR count). The Morgan fingerprint density at radius 1 is 0.659 bits per heavy atom. The van der Waals surface area contributed by atoms with E-state index < -0.39 is 0 Å². The van der Waals surface area contributed by atoms with Gasteiger partial charge in [-0.05, 0) is 48.5 Å². The van der Waals surface area contributed by atoms with Crippen molar-refractivity contribution in [3.05, 3.63) is 85.5 Å². The normalized spacial score (nSPS) is 12.9. The lowest BCUT2D eigenvalue weighted by Crippen LogP contribution is -2.08. The van der Waals surface area contributed by atoms with Gasteiger partial charge in [0.05, 0.1) is 11.4 Å². The van der Waals surface area contributed by atoms with Gasteiger partial charge in [-0.25, -0.2) is 9.97 Å². The van der Waals surface area contributed by atoms with Gasteiger partial charge in [0.25, 0.3) is 0 Å². The van der Waals surface area contributed by atoms with Crippen molar-refractivity contribution in [1.29, 1.82) is 0 Å². The van der Waals surface area contributed by atoms with Crippen LogP contribution in [0.4, 0.5) is 11.4 Å². The fourth-order valence-corrected chi connectivity index (χ4v) is 4.78. The highest BCUT2D eigenvalue weighted by Crippen LogP contribution is 2.37. The van der Waals surface area contributed by atoms with Crippen LogP contribution in [0.3, 0.4) is 0 Å². The summed E-state index contributed by atoms with van der Waals surface area (Å²) in [6, 6.07) is 19.9. The lowest BCUT2D eigenvalue weighted by atomic mass is 10.1. The second kappa shape index (κ2) is 9.98. The van der Waals surface area contributed by atoms with E-state index in [1.54, 1.807) is 0 Å². The highest BCUT2D eigenvalue weighted by molar-refractivity contribution is 5.69. The molecule has 0 unspecified atom stereocenters. The van der Waals surface area contributed by atoms with E-state index in [4.69, 9.17) is 23.9 Å². The summed E-state index contributed by atoms with van der Waals surface area (Å²) in [4.78, 5) is 11.4. The number of pyridine rings is 2. The Labute approximate surface area is 236 Å². The second-order valence-electron chi connectivity index (χ2n) is 9.86. The zero-order valence-electron chi connectivity index (χ0n) is 22.9. The van der Waals surface area contributed by atoms with Crippen LogP contribution in [0.15, 0.2) is 85.5 Å². The highest BCUT2D eigenvalue weighted by atomic mass is 16.7. The number of imidazole rings is 2. The molecule has 6 heterocycles. The summed E-state index contributed by atoms with van der Waals surface area (Å²) in [6.07, 6.45) is 8.04. The van der Waals surface area contributed by atoms with Gasteiger partial charge in [-0.2, -0.15) is 0 Å². The Morgan fingerprint density at radius 2 is 1.20 bits per heavy atom. The maximum Gasteiger partial charge on any atom is 0.231 e. The first-order valence-corrected chi connectivity index (χ1v) is 13.2. The van der Waals surface area contributed by atoms with Crippen molar-refractivity contribution in [2.24, 2.45) is 0 Å². The van der Waals surface area contributed by atoms with E-state index in [0.29, 0.717) is 0 Å². The molecule has 10 nitrogen and oxygen atoms in total. The molecule has 0 saturated heterocycles. The van der Waals surface area contributed by atoms with Crippen LogP contribution in [0.5, 0.6) is 23.0 Å². The minimum atomic E-state index is 0.287. The fraction of sp³-hybridized carbons (Fsp3) is 0.161. The molecule has 41 heavy (non-hydrogen) atoms.